The van der Waals surface area contributed by atoms with Gasteiger partial charge in [-0.3, -0.25) is 9.48 Å². The van der Waals surface area contributed by atoms with E-state index in [1.165, 1.54) is 0 Å². The molecule has 4 aromatic rings. The number of nitrogens with zero attached hydrogens (tertiary/aromatic N) is 4. The fourth-order valence-corrected chi connectivity index (χ4v) is 3.93. The molecular formula is C20H20N4O2S. The molecule has 0 fully saturated rings. The van der Waals surface area contributed by atoms with Gasteiger partial charge in [-0.2, -0.15) is 5.10 Å². The molecule has 4 aromatic heterocycles. The topological polar surface area (TPSA) is 64.2 Å². The Morgan fingerprint density at radius 2 is 2.11 bits per heavy atom. The van der Waals surface area contributed by atoms with Crippen molar-refractivity contribution in [3.05, 3.63) is 58.5 Å². The quantitative estimate of drug-likeness (QED) is 0.533. The smallest absolute Gasteiger partial charge is 0.254 e. The summed E-state index contributed by atoms with van der Waals surface area (Å²) in [5.41, 5.74) is 2.90. The first-order valence-corrected chi connectivity index (χ1v) is 9.51. The highest BCUT2D eigenvalue weighted by atomic mass is 32.1. The van der Waals surface area contributed by atoms with Crippen LogP contribution in [-0.2, 0) is 13.6 Å². The summed E-state index contributed by atoms with van der Waals surface area (Å²) < 4.78 is 7.35. The fraction of sp³-hybridized carbons (Fsp3) is 0.250. The van der Waals surface area contributed by atoms with Crippen molar-refractivity contribution in [3.63, 3.8) is 0 Å². The van der Waals surface area contributed by atoms with Crippen LogP contribution in [0.5, 0.6) is 0 Å². The van der Waals surface area contributed by atoms with Crippen LogP contribution < -0.4 is 0 Å². The van der Waals surface area contributed by atoms with E-state index in [9.17, 15) is 4.79 Å². The molecule has 0 saturated carbocycles. The van der Waals surface area contributed by atoms with Crippen molar-refractivity contribution in [3.8, 4) is 10.6 Å². The van der Waals surface area contributed by atoms with Crippen LogP contribution in [0.4, 0.5) is 0 Å². The maximum atomic E-state index is 13.3. The van der Waals surface area contributed by atoms with E-state index in [0.717, 1.165) is 33.2 Å². The molecule has 0 saturated heterocycles. The molecule has 7 heteroatoms. The minimum atomic E-state index is -0.0784. The van der Waals surface area contributed by atoms with E-state index < -0.39 is 0 Å². The lowest BCUT2D eigenvalue weighted by atomic mass is 10.1. The number of fused-ring (bicyclic) bond motifs is 1. The molecule has 138 valence electrons. The van der Waals surface area contributed by atoms with Crippen molar-refractivity contribution in [1.82, 2.24) is 19.7 Å². The second-order valence-corrected chi connectivity index (χ2v) is 7.56. The van der Waals surface area contributed by atoms with Crippen LogP contribution in [0.1, 0.15) is 27.6 Å². The summed E-state index contributed by atoms with van der Waals surface area (Å²) in [5.74, 6) is 1.51. The Morgan fingerprint density at radius 1 is 1.30 bits per heavy atom. The molecule has 0 aliphatic rings. The molecule has 1 amide bonds. The number of thiophene rings is 1. The minimum absolute atomic E-state index is 0.0784. The monoisotopic (exact) mass is 380 g/mol. The van der Waals surface area contributed by atoms with Crippen molar-refractivity contribution < 1.29 is 9.21 Å². The van der Waals surface area contributed by atoms with Crippen molar-refractivity contribution in [2.24, 2.45) is 7.05 Å². The molecular weight excluding hydrogens is 360 g/mol. The van der Waals surface area contributed by atoms with E-state index in [4.69, 9.17) is 9.40 Å². The Bertz CT molecular complexity index is 1120. The number of hydrogen-bond donors (Lipinski definition) is 0. The largest absolute Gasteiger partial charge is 0.464 e. The zero-order valence-corrected chi connectivity index (χ0v) is 16.5. The predicted molar refractivity (Wildman–Crippen MR) is 106 cm³/mol. The molecule has 0 radical (unpaired) electrons. The predicted octanol–water partition coefficient (Wildman–Crippen LogP) is 4.18. The first-order chi connectivity index (χ1) is 12.9. The van der Waals surface area contributed by atoms with Gasteiger partial charge >= 0.3 is 0 Å². The van der Waals surface area contributed by atoms with Gasteiger partial charge in [-0.1, -0.05) is 6.07 Å². The molecule has 4 rings (SSSR count). The van der Waals surface area contributed by atoms with Crippen molar-refractivity contribution in [2.45, 2.75) is 20.4 Å². The normalized spacial score (nSPS) is 11.3. The van der Waals surface area contributed by atoms with Crippen molar-refractivity contribution >= 4 is 28.3 Å². The van der Waals surface area contributed by atoms with Gasteiger partial charge in [-0.05, 0) is 43.5 Å². The fourth-order valence-electron chi connectivity index (χ4n) is 3.25. The number of aryl methyl sites for hydroxylation is 3. The van der Waals surface area contributed by atoms with Crippen LogP contribution in [0.2, 0.25) is 0 Å². The molecule has 6 nitrogen and oxygen atoms in total. The van der Waals surface area contributed by atoms with Gasteiger partial charge in [0.25, 0.3) is 5.91 Å². The lowest BCUT2D eigenvalue weighted by Gasteiger charge is -2.17. The molecule has 0 unspecified atom stereocenters. The summed E-state index contributed by atoms with van der Waals surface area (Å²) >= 11 is 1.60. The lowest BCUT2D eigenvalue weighted by Crippen LogP contribution is -2.26. The number of rotatable bonds is 4. The summed E-state index contributed by atoms with van der Waals surface area (Å²) in [4.78, 5) is 20.7. The number of furan rings is 1. The molecule has 0 bridgehead atoms. The van der Waals surface area contributed by atoms with Crippen LogP contribution in [0.15, 0.2) is 40.1 Å². The second kappa shape index (κ2) is 6.66. The Labute approximate surface area is 161 Å². The van der Waals surface area contributed by atoms with E-state index in [2.05, 4.69) is 5.10 Å². The summed E-state index contributed by atoms with van der Waals surface area (Å²) in [7, 11) is 3.63. The average molecular weight is 380 g/mol. The van der Waals surface area contributed by atoms with Gasteiger partial charge in [-0.15, -0.1) is 11.3 Å². The average Bonchev–Trinajstić information content (AvgIpc) is 3.36. The summed E-state index contributed by atoms with van der Waals surface area (Å²) in [6.45, 7) is 4.20. The highest BCUT2D eigenvalue weighted by Crippen LogP contribution is 2.30. The molecule has 4 heterocycles. The van der Waals surface area contributed by atoms with Gasteiger partial charge < -0.3 is 9.32 Å². The summed E-state index contributed by atoms with van der Waals surface area (Å²) in [6, 6.07) is 9.65. The molecule has 0 aliphatic carbocycles. The summed E-state index contributed by atoms with van der Waals surface area (Å²) in [5, 5.41) is 7.27. The maximum Gasteiger partial charge on any atom is 0.254 e. The molecule has 0 N–H and O–H groups in total. The third-order valence-corrected chi connectivity index (χ3v) is 5.40. The van der Waals surface area contributed by atoms with Gasteiger partial charge in [-0.25, -0.2) is 4.98 Å². The van der Waals surface area contributed by atoms with Gasteiger partial charge in [0.05, 0.1) is 33.8 Å². The molecule has 0 aromatic carbocycles. The first kappa shape index (κ1) is 17.5. The van der Waals surface area contributed by atoms with Gasteiger partial charge in [0, 0.05) is 14.1 Å². The number of pyridine rings is 1. The number of amides is 1. The molecule has 27 heavy (non-hydrogen) atoms. The van der Waals surface area contributed by atoms with Crippen LogP contribution in [-0.4, -0.2) is 32.6 Å². The zero-order chi connectivity index (χ0) is 19.1. The molecule has 0 atom stereocenters. The zero-order valence-electron chi connectivity index (χ0n) is 15.7. The van der Waals surface area contributed by atoms with E-state index in [0.29, 0.717) is 17.8 Å². The van der Waals surface area contributed by atoms with E-state index in [1.54, 1.807) is 28.0 Å². The first-order valence-electron chi connectivity index (χ1n) is 8.63. The highest BCUT2D eigenvalue weighted by molar-refractivity contribution is 7.13. The van der Waals surface area contributed by atoms with Crippen LogP contribution >= 0.6 is 11.3 Å². The van der Waals surface area contributed by atoms with Gasteiger partial charge in [0.15, 0.2) is 5.65 Å². The SMILES string of the molecule is Cc1ccc(CN(C)C(=O)c2cc(-c3cccs3)nc3c2c(C)nn3C)o1. The number of carbonyl (C=O) groups excluding carboxylic acids is 1. The van der Waals surface area contributed by atoms with E-state index in [1.807, 2.05) is 56.6 Å². The number of hydrogen-bond acceptors (Lipinski definition) is 5. The van der Waals surface area contributed by atoms with Gasteiger partial charge in [0.2, 0.25) is 0 Å². The van der Waals surface area contributed by atoms with Crippen LogP contribution in [0.25, 0.3) is 21.6 Å². The molecule has 0 spiro atoms. The van der Waals surface area contributed by atoms with Gasteiger partial charge in [0.1, 0.15) is 11.5 Å². The standard InChI is InChI=1S/C20H20N4O2S/c1-12-7-8-14(26-12)11-23(3)20(25)15-10-16(17-6-5-9-27-17)21-19-18(15)13(2)22-24(19)4/h5-10H,11H2,1-4H3. The van der Waals surface area contributed by atoms with E-state index >= 15 is 0 Å². The van der Waals surface area contributed by atoms with Crippen molar-refractivity contribution in [1.29, 1.82) is 0 Å². The minimum Gasteiger partial charge on any atom is -0.464 e. The Morgan fingerprint density at radius 3 is 2.78 bits per heavy atom. The summed E-state index contributed by atoms with van der Waals surface area (Å²) in [6.07, 6.45) is 0. The second-order valence-electron chi connectivity index (χ2n) is 6.61. The Balaban J connectivity index is 1.80. The van der Waals surface area contributed by atoms with Crippen LogP contribution in [0.3, 0.4) is 0 Å². The maximum absolute atomic E-state index is 13.3. The third-order valence-electron chi connectivity index (χ3n) is 4.51. The van der Waals surface area contributed by atoms with Crippen molar-refractivity contribution in [2.75, 3.05) is 7.05 Å². The number of carbonyl (C=O) groups is 1. The van der Waals surface area contributed by atoms with Crippen LogP contribution in [0, 0.1) is 13.8 Å². The lowest BCUT2D eigenvalue weighted by molar-refractivity contribution is 0.0777. The number of aromatic nitrogens is 3. The molecule has 0 aliphatic heterocycles. The highest BCUT2D eigenvalue weighted by Gasteiger charge is 2.22. The Kier molecular flexibility index (Phi) is 4.31. The Hall–Kier alpha value is -2.93. The third kappa shape index (κ3) is 3.14. The van der Waals surface area contributed by atoms with E-state index in [-0.39, 0.29) is 5.91 Å².